The molecule has 7 N–H and O–H groups in total. The summed E-state index contributed by atoms with van der Waals surface area (Å²) in [6.45, 7) is 2.05. The predicted octanol–water partition coefficient (Wildman–Crippen LogP) is -2.41. The standard InChI is InChI=1S/C10H20N4O4/c1-10(13,3-2-7(12)15)9(17)18-8(16)6-14-5-4-11/h14H,2-6,11,13H2,1H3,(H2,12,15)/t10-/m1/s1. The van der Waals surface area contributed by atoms with E-state index in [0.29, 0.717) is 13.1 Å². The van der Waals surface area contributed by atoms with Gasteiger partial charge < -0.3 is 27.3 Å². The zero-order valence-electron chi connectivity index (χ0n) is 10.4. The maximum absolute atomic E-state index is 11.5. The van der Waals surface area contributed by atoms with Crippen LogP contribution in [0.5, 0.6) is 0 Å². The third-order valence-electron chi connectivity index (χ3n) is 2.15. The first-order valence-electron chi connectivity index (χ1n) is 5.52. The lowest BCUT2D eigenvalue weighted by molar-refractivity contribution is -0.162. The van der Waals surface area contributed by atoms with Crippen LogP contribution in [0.4, 0.5) is 0 Å². The number of nitrogens with two attached hydrogens (primary N) is 3. The highest BCUT2D eigenvalue weighted by atomic mass is 16.6. The van der Waals surface area contributed by atoms with Crippen molar-refractivity contribution in [2.75, 3.05) is 19.6 Å². The minimum absolute atomic E-state index is 0.0185. The third-order valence-corrected chi connectivity index (χ3v) is 2.15. The van der Waals surface area contributed by atoms with E-state index in [-0.39, 0.29) is 19.4 Å². The summed E-state index contributed by atoms with van der Waals surface area (Å²) < 4.78 is 4.54. The summed E-state index contributed by atoms with van der Waals surface area (Å²) in [4.78, 5) is 33.4. The van der Waals surface area contributed by atoms with Gasteiger partial charge in [0.25, 0.3) is 0 Å². The molecule has 1 amide bonds. The molecule has 0 aromatic rings. The van der Waals surface area contributed by atoms with Crippen LogP contribution in [0.25, 0.3) is 0 Å². The summed E-state index contributed by atoms with van der Waals surface area (Å²) in [5.41, 5.74) is 14.4. The molecule has 0 fully saturated rings. The van der Waals surface area contributed by atoms with Gasteiger partial charge in [0.15, 0.2) is 0 Å². The van der Waals surface area contributed by atoms with Crippen molar-refractivity contribution in [2.24, 2.45) is 17.2 Å². The van der Waals surface area contributed by atoms with Gasteiger partial charge in [0.1, 0.15) is 5.54 Å². The maximum Gasteiger partial charge on any atom is 0.333 e. The highest BCUT2D eigenvalue weighted by Crippen LogP contribution is 2.10. The van der Waals surface area contributed by atoms with Gasteiger partial charge in [-0.1, -0.05) is 0 Å². The summed E-state index contributed by atoms with van der Waals surface area (Å²) >= 11 is 0. The fourth-order valence-corrected chi connectivity index (χ4v) is 1.03. The van der Waals surface area contributed by atoms with Crippen LogP contribution in [0.3, 0.4) is 0 Å². The van der Waals surface area contributed by atoms with Gasteiger partial charge in [-0.25, -0.2) is 4.79 Å². The average molecular weight is 260 g/mol. The number of hydrogen-bond donors (Lipinski definition) is 4. The Hall–Kier alpha value is -1.51. The SMILES string of the molecule is C[C@@](N)(CCC(N)=O)C(=O)OC(=O)CNCCN. The van der Waals surface area contributed by atoms with Gasteiger partial charge in [0.05, 0.1) is 6.54 Å². The van der Waals surface area contributed by atoms with E-state index in [1.807, 2.05) is 0 Å². The molecule has 0 bridgehead atoms. The van der Waals surface area contributed by atoms with Crippen molar-refractivity contribution < 1.29 is 19.1 Å². The van der Waals surface area contributed by atoms with Crippen molar-refractivity contribution in [2.45, 2.75) is 25.3 Å². The number of rotatable bonds is 8. The molecule has 1 atom stereocenters. The summed E-state index contributed by atoms with van der Waals surface area (Å²) in [7, 11) is 0. The number of esters is 2. The molecule has 0 radical (unpaired) electrons. The van der Waals surface area contributed by atoms with Gasteiger partial charge in [0.2, 0.25) is 5.91 Å². The predicted molar refractivity (Wildman–Crippen MR) is 64.0 cm³/mol. The van der Waals surface area contributed by atoms with Crippen LogP contribution in [0.2, 0.25) is 0 Å². The van der Waals surface area contributed by atoms with Gasteiger partial charge in [-0.15, -0.1) is 0 Å². The first-order chi connectivity index (χ1) is 8.29. The number of ether oxygens (including phenoxy) is 1. The van der Waals surface area contributed by atoms with Crippen LogP contribution < -0.4 is 22.5 Å². The molecule has 0 saturated heterocycles. The minimum atomic E-state index is -1.42. The number of nitrogens with one attached hydrogen (secondary N) is 1. The molecule has 8 nitrogen and oxygen atoms in total. The lowest BCUT2D eigenvalue weighted by atomic mass is 9.97. The fourth-order valence-electron chi connectivity index (χ4n) is 1.03. The Morgan fingerprint density at radius 2 is 1.94 bits per heavy atom. The molecule has 18 heavy (non-hydrogen) atoms. The Balaban J connectivity index is 4.12. The molecule has 0 aliphatic rings. The van der Waals surface area contributed by atoms with Crippen molar-refractivity contribution in [3.05, 3.63) is 0 Å². The molecule has 104 valence electrons. The lowest BCUT2D eigenvalue weighted by Gasteiger charge is -2.20. The fraction of sp³-hybridized carbons (Fsp3) is 0.700. The molecular formula is C10H20N4O4. The first-order valence-corrected chi connectivity index (χ1v) is 5.52. The highest BCUT2D eigenvalue weighted by molar-refractivity contribution is 5.91. The zero-order chi connectivity index (χ0) is 14.2. The van der Waals surface area contributed by atoms with E-state index in [9.17, 15) is 14.4 Å². The maximum atomic E-state index is 11.5. The van der Waals surface area contributed by atoms with Crippen molar-refractivity contribution in [3.63, 3.8) is 0 Å². The van der Waals surface area contributed by atoms with Crippen LogP contribution in [0.1, 0.15) is 19.8 Å². The molecule has 0 rings (SSSR count). The van der Waals surface area contributed by atoms with Gasteiger partial charge in [0, 0.05) is 19.5 Å². The molecule has 0 aromatic heterocycles. The number of primary amides is 1. The Morgan fingerprint density at radius 1 is 1.33 bits per heavy atom. The normalized spacial score (nSPS) is 13.7. The monoisotopic (exact) mass is 260 g/mol. The van der Waals surface area contributed by atoms with Crippen molar-refractivity contribution in [1.29, 1.82) is 0 Å². The molecule has 0 heterocycles. The Labute approximate surface area is 105 Å². The summed E-state index contributed by atoms with van der Waals surface area (Å²) in [5, 5.41) is 2.68. The molecule has 0 saturated carbocycles. The number of hydrogen-bond acceptors (Lipinski definition) is 7. The Bertz CT molecular complexity index is 317. The number of carbonyl (C=O) groups is 3. The molecular weight excluding hydrogens is 240 g/mol. The smallest absolute Gasteiger partial charge is 0.333 e. The van der Waals surface area contributed by atoms with Crippen molar-refractivity contribution in [1.82, 2.24) is 5.32 Å². The van der Waals surface area contributed by atoms with Crippen LogP contribution in [0.15, 0.2) is 0 Å². The lowest BCUT2D eigenvalue weighted by Crippen LogP contribution is -2.48. The van der Waals surface area contributed by atoms with E-state index < -0.39 is 23.4 Å². The Morgan fingerprint density at radius 3 is 2.44 bits per heavy atom. The van der Waals surface area contributed by atoms with E-state index in [1.165, 1.54) is 6.92 Å². The van der Waals surface area contributed by atoms with Crippen LogP contribution >= 0.6 is 0 Å². The molecule has 0 aliphatic heterocycles. The van der Waals surface area contributed by atoms with E-state index in [4.69, 9.17) is 17.2 Å². The van der Waals surface area contributed by atoms with Crippen molar-refractivity contribution in [3.8, 4) is 0 Å². The van der Waals surface area contributed by atoms with Gasteiger partial charge in [-0.3, -0.25) is 9.59 Å². The van der Waals surface area contributed by atoms with E-state index in [1.54, 1.807) is 0 Å². The molecule has 0 spiro atoms. The average Bonchev–Trinajstić information content (AvgIpc) is 2.26. The summed E-state index contributed by atoms with van der Waals surface area (Å²) in [5.74, 6) is -2.21. The number of carbonyl (C=O) groups excluding carboxylic acids is 3. The molecule has 0 aromatic carbocycles. The van der Waals surface area contributed by atoms with E-state index in [0.717, 1.165) is 0 Å². The largest absolute Gasteiger partial charge is 0.391 e. The Kier molecular flexibility index (Phi) is 7.10. The van der Waals surface area contributed by atoms with E-state index in [2.05, 4.69) is 10.1 Å². The van der Waals surface area contributed by atoms with Crippen LogP contribution in [0, 0.1) is 0 Å². The molecule has 8 heteroatoms. The summed E-state index contributed by atoms with van der Waals surface area (Å²) in [6, 6.07) is 0. The van der Waals surface area contributed by atoms with Crippen molar-refractivity contribution >= 4 is 17.8 Å². The first kappa shape index (κ1) is 16.5. The minimum Gasteiger partial charge on any atom is -0.391 e. The van der Waals surface area contributed by atoms with Gasteiger partial charge in [-0.05, 0) is 13.3 Å². The van der Waals surface area contributed by atoms with Crippen LogP contribution in [-0.4, -0.2) is 43.0 Å². The number of amides is 1. The second kappa shape index (κ2) is 7.75. The molecule has 0 unspecified atom stereocenters. The summed E-state index contributed by atoms with van der Waals surface area (Å²) in [6.07, 6.45) is -0.0353. The highest BCUT2D eigenvalue weighted by Gasteiger charge is 2.32. The van der Waals surface area contributed by atoms with E-state index >= 15 is 0 Å². The van der Waals surface area contributed by atoms with Gasteiger partial charge in [-0.2, -0.15) is 0 Å². The zero-order valence-corrected chi connectivity index (χ0v) is 10.4. The third kappa shape index (κ3) is 6.94. The topological polar surface area (TPSA) is 151 Å². The molecule has 0 aliphatic carbocycles. The second-order valence-corrected chi connectivity index (χ2v) is 4.11. The van der Waals surface area contributed by atoms with Crippen LogP contribution in [-0.2, 0) is 19.1 Å². The quantitative estimate of drug-likeness (QED) is 0.215. The van der Waals surface area contributed by atoms with Gasteiger partial charge >= 0.3 is 11.9 Å². The second-order valence-electron chi connectivity index (χ2n) is 4.11.